The Morgan fingerprint density at radius 2 is 2.04 bits per heavy atom. The molecular formula is C15H8BrClN2O3S. The maximum atomic E-state index is 12.7. The fourth-order valence-corrected chi connectivity index (χ4v) is 2.88. The Kier molecular flexibility index (Phi) is 4.34. The zero-order valence-electron chi connectivity index (χ0n) is 11.4. The predicted octanol–water partition coefficient (Wildman–Crippen LogP) is 3.53. The van der Waals surface area contributed by atoms with Crippen molar-refractivity contribution in [1.29, 1.82) is 0 Å². The first kappa shape index (κ1) is 15.9. The van der Waals surface area contributed by atoms with Crippen LogP contribution in [0, 0.1) is 0 Å². The molecule has 3 rings (SSSR count). The number of carbonyl (C=O) groups is 2. The molecule has 1 aliphatic rings. The van der Waals surface area contributed by atoms with E-state index < -0.39 is 11.8 Å². The van der Waals surface area contributed by atoms with Gasteiger partial charge in [0.15, 0.2) is 10.3 Å². The molecule has 116 valence electrons. The van der Waals surface area contributed by atoms with E-state index in [2.05, 4.69) is 21.2 Å². The Balaban J connectivity index is 2.02. The van der Waals surface area contributed by atoms with Crippen molar-refractivity contribution in [2.24, 2.45) is 0 Å². The lowest BCUT2D eigenvalue weighted by Crippen LogP contribution is -2.54. The molecule has 1 fully saturated rings. The van der Waals surface area contributed by atoms with Crippen LogP contribution in [0.1, 0.15) is 5.76 Å². The van der Waals surface area contributed by atoms with Gasteiger partial charge in [-0.2, -0.15) is 0 Å². The molecule has 23 heavy (non-hydrogen) atoms. The Labute approximate surface area is 150 Å². The Morgan fingerprint density at radius 3 is 2.70 bits per heavy atom. The predicted molar refractivity (Wildman–Crippen MR) is 94.1 cm³/mol. The highest BCUT2D eigenvalue weighted by Crippen LogP contribution is 2.25. The van der Waals surface area contributed by atoms with E-state index >= 15 is 0 Å². The smallest absolute Gasteiger partial charge is 0.270 e. The van der Waals surface area contributed by atoms with Crippen LogP contribution in [-0.2, 0) is 9.59 Å². The molecule has 0 radical (unpaired) electrons. The SMILES string of the molecule is O=C1NC(=S)N(c2cccc(Br)c2)C(=O)C1=Cc1ccc(Cl)o1. The molecule has 1 aromatic heterocycles. The number of anilines is 1. The van der Waals surface area contributed by atoms with E-state index in [9.17, 15) is 9.59 Å². The number of amides is 2. The molecule has 2 heterocycles. The van der Waals surface area contributed by atoms with Crippen molar-refractivity contribution in [3.05, 3.63) is 57.4 Å². The molecule has 1 aromatic carbocycles. The molecule has 5 nitrogen and oxygen atoms in total. The van der Waals surface area contributed by atoms with Crippen LogP contribution in [0.25, 0.3) is 6.08 Å². The lowest BCUT2D eigenvalue weighted by molar-refractivity contribution is -0.122. The topological polar surface area (TPSA) is 62.6 Å². The summed E-state index contributed by atoms with van der Waals surface area (Å²) in [6.07, 6.45) is 1.33. The van der Waals surface area contributed by atoms with Crippen molar-refractivity contribution in [2.45, 2.75) is 0 Å². The molecule has 2 amide bonds. The van der Waals surface area contributed by atoms with E-state index in [0.717, 1.165) is 4.47 Å². The summed E-state index contributed by atoms with van der Waals surface area (Å²) in [5, 5.41) is 2.68. The third kappa shape index (κ3) is 3.21. The normalized spacial score (nSPS) is 16.9. The number of carbonyl (C=O) groups excluding carboxylic acids is 2. The lowest BCUT2D eigenvalue weighted by Gasteiger charge is -2.28. The quantitative estimate of drug-likeness (QED) is 0.466. The summed E-state index contributed by atoms with van der Waals surface area (Å²) in [5.74, 6) is -0.821. The number of benzene rings is 1. The number of thiocarbonyl (C=S) groups is 1. The van der Waals surface area contributed by atoms with Gasteiger partial charge in [0.2, 0.25) is 0 Å². The molecule has 0 bridgehead atoms. The number of furan rings is 1. The number of nitrogens with zero attached hydrogens (tertiary/aromatic N) is 1. The van der Waals surface area contributed by atoms with Crippen molar-refractivity contribution in [2.75, 3.05) is 4.90 Å². The van der Waals surface area contributed by atoms with Crippen LogP contribution < -0.4 is 10.2 Å². The van der Waals surface area contributed by atoms with E-state index in [4.69, 9.17) is 28.2 Å². The fraction of sp³-hybridized carbons (Fsp3) is 0. The first-order valence-corrected chi connectivity index (χ1v) is 7.96. The van der Waals surface area contributed by atoms with Gasteiger partial charge in [-0.3, -0.25) is 19.8 Å². The highest BCUT2D eigenvalue weighted by molar-refractivity contribution is 9.10. The highest BCUT2D eigenvalue weighted by Gasteiger charge is 2.34. The Hall–Kier alpha value is -1.96. The van der Waals surface area contributed by atoms with Crippen LogP contribution in [0.4, 0.5) is 5.69 Å². The summed E-state index contributed by atoms with van der Waals surface area (Å²) < 4.78 is 5.95. The van der Waals surface area contributed by atoms with Gasteiger partial charge < -0.3 is 4.42 Å². The van der Waals surface area contributed by atoms with Crippen molar-refractivity contribution >= 4 is 68.4 Å². The summed E-state index contributed by atoms with van der Waals surface area (Å²) >= 11 is 14.2. The monoisotopic (exact) mass is 410 g/mol. The maximum Gasteiger partial charge on any atom is 0.270 e. The number of hydrogen-bond acceptors (Lipinski definition) is 4. The fourth-order valence-electron chi connectivity index (χ4n) is 2.06. The van der Waals surface area contributed by atoms with Gasteiger partial charge in [-0.1, -0.05) is 22.0 Å². The molecule has 0 unspecified atom stereocenters. The van der Waals surface area contributed by atoms with E-state index in [1.165, 1.54) is 17.0 Å². The molecule has 0 aliphatic carbocycles. The second-order valence-electron chi connectivity index (χ2n) is 4.58. The summed E-state index contributed by atoms with van der Waals surface area (Å²) in [7, 11) is 0. The summed E-state index contributed by atoms with van der Waals surface area (Å²) in [6.45, 7) is 0. The third-order valence-corrected chi connectivity index (χ3v) is 4.03. The second-order valence-corrected chi connectivity index (χ2v) is 6.25. The largest absolute Gasteiger partial charge is 0.445 e. The minimum atomic E-state index is -0.584. The average Bonchev–Trinajstić information content (AvgIpc) is 2.89. The first-order chi connectivity index (χ1) is 11.0. The van der Waals surface area contributed by atoms with Crippen LogP contribution in [0.15, 0.2) is 50.9 Å². The van der Waals surface area contributed by atoms with Crippen LogP contribution in [0.2, 0.25) is 5.22 Å². The van der Waals surface area contributed by atoms with Gasteiger partial charge in [-0.15, -0.1) is 0 Å². The van der Waals surface area contributed by atoms with Crippen molar-refractivity contribution in [3.63, 3.8) is 0 Å². The summed E-state index contributed by atoms with van der Waals surface area (Å²) in [6, 6.07) is 10.1. The molecule has 0 spiro atoms. The lowest BCUT2D eigenvalue weighted by atomic mass is 10.1. The third-order valence-electron chi connectivity index (χ3n) is 3.05. The van der Waals surface area contributed by atoms with Crippen molar-refractivity contribution in [1.82, 2.24) is 5.32 Å². The maximum absolute atomic E-state index is 12.7. The number of halogens is 2. The number of rotatable bonds is 2. The van der Waals surface area contributed by atoms with Crippen LogP contribution >= 0.6 is 39.7 Å². The Morgan fingerprint density at radius 1 is 1.26 bits per heavy atom. The van der Waals surface area contributed by atoms with Gasteiger partial charge in [0, 0.05) is 4.47 Å². The molecule has 2 aromatic rings. The molecule has 1 saturated heterocycles. The zero-order valence-corrected chi connectivity index (χ0v) is 14.5. The second kappa shape index (κ2) is 6.27. The van der Waals surface area contributed by atoms with Gasteiger partial charge in [0.1, 0.15) is 11.3 Å². The standard InChI is InChI=1S/C15H8BrClN2O3S/c16-8-2-1-3-9(6-8)19-14(21)11(13(20)18-15(19)23)7-10-4-5-12(17)22-10/h1-7H,(H,18,20,23). The zero-order chi connectivity index (χ0) is 16.6. The molecular weight excluding hydrogens is 404 g/mol. The van der Waals surface area contributed by atoms with Gasteiger partial charge >= 0.3 is 0 Å². The van der Waals surface area contributed by atoms with Gasteiger partial charge in [0.25, 0.3) is 11.8 Å². The first-order valence-electron chi connectivity index (χ1n) is 6.38. The molecule has 1 aliphatic heterocycles. The minimum Gasteiger partial charge on any atom is -0.445 e. The van der Waals surface area contributed by atoms with E-state index in [1.54, 1.807) is 24.3 Å². The number of nitrogens with one attached hydrogen (secondary N) is 1. The van der Waals surface area contributed by atoms with E-state index in [1.807, 2.05) is 6.07 Å². The number of hydrogen-bond donors (Lipinski definition) is 1. The van der Waals surface area contributed by atoms with E-state index in [-0.39, 0.29) is 15.9 Å². The Bertz CT molecular complexity index is 862. The van der Waals surface area contributed by atoms with E-state index in [0.29, 0.717) is 11.4 Å². The molecule has 0 saturated carbocycles. The highest BCUT2D eigenvalue weighted by atomic mass is 79.9. The molecule has 0 atom stereocenters. The van der Waals surface area contributed by atoms with Crippen molar-refractivity contribution < 1.29 is 14.0 Å². The van der Waals surface area contributed by atoms with Crippen LogP contribution in [0.3, 0.4) is 0 Å². The minimum absolute atomic E-state index is 0.0210. The van der Waals surface area contributed by atoms with Crippen molar-refractivity contribution in [3.8, 4) is 0 Å². The van der Waals surface area contributed by atoms with Crippen LogP contribution in [0.5, 0.6) is 0 Å². The summed E-state index contributed by atoms with van der Waals surface area (Å²) in [5.41, 5.74) is 0.447. The van der Waals surface area contributed by atoms with Gasteiger partial charge in [0.05, 0.1) is 5.69 Å². The molecule has 8 heteroatoms. The average molecular weight is 412 g/mol. The molecule has 1 N–H and O–H groups in total. The van der Waals surface area contributed by atoms with Gasteiger partial charge in [-0.05, 0) is 60.2 Å². The van der Waals surface area contributed by atoms with Crippen LogP contribution in [-0.4, -0.2) is 16.9 Å². The van der Waals surface area contributed by atoms with Gasteiger partial charge in [-0.25, -0.2) is 0 Å². The summed E-state index contributed by atoms with van der Waals surface area (Å²) in [4.78, 5) is 26.0.